The summed E-state index contributed by atoms with van der Waals surface area (Å²) in [5, 5.41) is 2.17. The smallest absolute Gasteiger partial charge is 0.168 e. The number of fused-ring (bicyclic) bond motifs is 1. The van der Waals surface area contributed by atoms with Crippen LogP contribution in [0.1, 0.15) is 27.0 Å². The molecule has 0 atom stereocenters. The molecule has 0 bridgehead atoms. The first-order valence-electron chi connectivity index (χ1n) is 6.86. The molecule has 20 heavy (non-hydrogen) atoms. The average Bonchev–Trinajstić information content (AvgIpc) is 2.94. The van der Waals surface area contributed by atoms with E-state index < -0.39 is 0 Å². The molecule has 0 fully saturated rings. The standard InChI is InChI=1S/C18H16OS/c1-2-14-10-11-15(20-14)12-18(19)17-9-5-7-13-6-3-4-8-16(13)17/h3-11H,2,12H2,1H3. The molecule has 0 N–H and O–H groups in total. The molecule has 0 aliphatic carbocycles. The van der Waals surface area contributed by atoms with Gasteiger partial charge in [0, 0.05) is 21.7 Å². The van der Waals surface area contributed by atoms with Crippen LogP contribution in [0, 0.1) is 0 Å². The molecule has 0 saturated carbocycles. The highest BCUT2D eigenvalue weighted by Gasteiger charge is 2.11. The summed E-state index contributed by atoms with van der Waals surface area (Å²) in [5.74, 6) is 0.200. The van der Waals surface area contributed by atoms with Gasteiger partial charge in [-0.05, 0) is 29.3 Å². The van der Waals surface area contributed by atoms with E-state index >= 15 is 0 Å². The van der Waals surface area contributed by atoms with Crippen molar-refractivity contribution in [2.75, 3.05) is 0 Å². The van der Waals surface area contributed by atoms with E-state index in [-0.39, 0.29) is 5.78 Å². The summed E-state index contributed by atoms with van der Waals surface area (Å²) in [4.78, 5) is 15.0. The minimum atomic E-state index is 0.200. The second kappa shape index (κ2) is 5.59. The summed E-state index contributed by atoms with van der Waals surface area (Å²) in [5.41, 5.74) is 0.828. The summed E-state index contributed by atoms with van der Waals surface area (Å²) in [6.45, 7) is 2.14. The van der Waals surface area contributed by atoms with Crippen LogP contribution in [0.4, 0.5) is 0 Å². The van der Waals surface area contributed by atoms with E-state index in [0.717, 1.165) is 27.6 Å². The lowest BCUT2D eigenvalue weighted by Gasteiger charge is -2.04. The van der Waals surface area contributed by atoms with Gasteiger partial charge in [0.05, 0.1) is 0 Å². The highest BCUT2D eigenvalue weighted by molar-refractivity contribution is 7.12. The lowest BCUT2D eigenvalue weighted by atomic mass is 9.99. The van der Waals surface area contributed by atoms with Crippen LogP contribution in [0.25, 0.3) is 10.8 Å². The second-order valence-electron chi connectivity index (χ2n) is 4.85. The quantitative estimate of drug-likeness (QED) is 0.622. The van der Waals surface area contributed by atoms with Gasteiger partial charge in [0.1, 0.15) is 0 Å². The largest absolute Gasteiger partial charge is 0.294 e. The molecular formula is C18H16OS. The van der Waals surface area contributed by atoms with E-state index in [0.29, 0.717) is 6.42 Å². The second-order valence-corrected chi connectivity index (χ2v) is 6.10. The summed E-state index contributed by atoms with van der Waals surface area (Å²) in [6.07, 6.45) is 1.53. The van der Waals surface area contributed by atoms with Crippen molar-refractivity contribution >= 4 is 27.9 Å². The fourth-order valence-electron chi connectivity index (χ4n) is 2.43. The molecule has 2 aromatic carbocycles. The van der Waals surface area contributed by atoms with Gasteiger partial charge in [-0.25, -0.2) is 0 Å². The van der Waals surface area contributed by atoms with Crippen molar-refractivity contribution in [3.05, 3.63) is 69.9 Å². The molecule has 0 saturated heterocycles. The molecule has 1 heterocycles. The van der Waals surface area contributed by atoms with Crippen LogP contribution >= 0.6 is 11.3 Å². The van der Waals surface area contributed by atoms with Crippen LogP contribution in [0.3, 0.4) is 0 Å². The third kappa shape index (κ3) is 2.52. The number of carbonyl (C=O) groups excluding carboxylic acids is 1. The zero-order chi connectivity index (χ0) is 13.9. The highest BCUT2D eigenvalue weighted by atomic mass is 32.1. The van der Waals surface area contributed by atoms with Crippen LogP contribution in [-0.4, -0.2) is 5.78 Å². The van der Waals surface area contributed by atoms with Gasteiger partial charge >= 0.3 is 0 Å². The Labute approximate surface area is 122 Å². The van der Waals surface area contributed by atoms with Gasteiger partial charge in [0.25, 0.3) is 0 Å². The number of ketones is 1. The van der Waals surface area contributed by atoms with Gasteiger partial charge in [-0.3, -0.25) is 4.79 Å². The third-order valence-corrected chi connectivity index (χ3v) is 4.72. The number of hydrogen-bond acceptors (Lipinski definition) is 2. The average molecular weight is 280 g/mol. The van der Waals surface area contributed by atoms with E-state index in [1.54, 1.807) is 11.3 Å². The number of aryl methyl sites for hydroxylation is 1. The molecule has 0 aliphatic rings. The Bertz CT molecular complexity index is 749. The molecule has 2 heteroatoms. The first kappa shape index (κ1) is 13.1. The predicted octanol–water partition coefficient (Wildman–Crippen LogP) is 4.89. The maximum absolute atomic E-state index is 12.5. The van der Waals surface area contributed by atoms with Crippen LogP contribution in [0.5, 0.6) is 0 Å². The number of rotatable bonds is 4. The molecule has 0 unspecified atom stereocenters. The van der Waals surface area contributed by atoms with Crippen molar-refractivity contribution in [1.82, 2.24) is 0 Å². The normalized spacial score (nSPS) is 10.8. The van der Waals surface area contributed by atoms with Gasteiger partial charge in [0.15, 0.2) is 5.78 Å². The van der Waals surface area contributed by atoms with Crippen molar-refractivity contribution in [2.24, 2.45) is 0 Å². The SMILES string of the molecule is CCc1ccc(CC(=O)c2cccc3ccccc23)s1. The Morgan fingerprint density at radius 1 is 0.950 bits per heavy atom. The van der Waals surface area contributed by atoms with E-state index in [1.807, 2.05) is 42.5 Å². The zero-order valence-electron chi connectivity index (χ0n) is 11.4. The summed E-state index contributed by atoms with van der Waals surface area (Å²) >= 11 is 1.74. The van der Waals surface area contributed by atoms with Crippen LogP contribution < -0.4 is 0 Å². The lowest BCUT2D eigenvalue weighted by molar-refractivity contribution is 0.0995. The Balaban J connectivity index is 1.92. The number of carbonyl (C=O) groups is 1. The molecule has 0 radical (unpaired) electrons. The maximum Gasteiger partial charge on any atom is 0.168 e. The van der Waals surface area contributed by atoms with E-state index in [1.165, 1.54) is 4.88 Å². The van der Waals surface area contributed by atoms with Gasteiger partial charge in [-0.1, -0.05) is 49.4 Å². The fraction of sp³-hybridized carbons (Fsp3) is 0.167. The van der Waals surface area contributed by atoms with Crippen molar-refractivity contribution in [1.29, 1.82) is 0 Å². The monoisotopic (exact) mass is 280 g/mol. The summed E-state index contributed by atoms with van der Waals surface area (Å²) in [7, 11) is 0. The van der Waals surface area contributed by atoms with E-state index in [4.69, 9.17) is 0 Å². The van der Waals surface area contributed by atoms with Gasteiger partial charge in [-0.15, -0.1) is 11.3 Å². The van der Waals surface area contributed by atoms with E-state index in [9.17, 15) is 4.79 Å². The Hall–Kier alpha value is -1.93. The zero-order valence-corrected chi connectivity index (χ0v) is 12.2. The molecule has 100 valence electrons. The first-order valence-corrected chi connectivity index (χ1v) is 7.68. The third-order valence-electron chi connectivity index (χ3n) is 3.49. The fourth-order valence-corrected chi connectivity index (χ4v) is 3.39. The van der Waals surface area contributed by atoms with Gasteiger partial charge < -0.3 is 0 Å². The summed E-state index contributed by atoms with van der Waals surface area (Å²) in [6, 6.07) is 18.2. The van der Waals surface area contributed by atoms with Gasteiger partial charge in [-0.2, -0.15) is 0 Å². The summed E-state index contributed by atoms with van der Waals surface area (Å²) < 4.78 is 0. The Morgan fingerprint density at radius 3 is 2.50 bits per heavy atom. The lowest BCUT2D eigenvalue weighted by Crippen LogP contribution is -2.02. The van der Waals surface area contributed by atoms with Crippen molar-refractivity contribution in [3.8, 4) is 0 Å². The topological polar surface area (TPSA) is 17.1 Å². The molecule has 3 rings (SSSR count). The Kier molecular flexibility index (Phi) is 3.66. The molecular weight excluding hydrogens is 264 g/mol. The van der Waals surface area contributed by atoms with Gasteiger partial charge in [0.2, 0.25) is 0 Å². The molecule has 0 spiro atoms. The van der Waals surface area contributed by atoms with Crippen LogP contribution in [-0.2, 0) is 12.8 Å². The number of benzene rings is 2. The van der Waals surface area contributed by atoms with Crippen LogP contribution in [0.2, 0.25) is 0 Å². The molecule has 0 aliphatic heterocycles. The minimum Gasteiger partial charge on any atom is -0.294 e. The number of hydrogen-bond donors (Lipinski definition) is 0. The van der Waals surface area contributed by atoms with Crippen LogP contribution in [0.15, 0.2) is 54.6 Å². The molecule has 0 amide bonds. The minimum absolute atomic E-state index is 0.200. The molecule has 1 nitrogen and oxygen atoms in total. The Morgan fingerprint density at radius 2 is 1.70 bits per heavy atom. The van der Waals surface area contributed by atoms with E-state index in [2.05, 4.69) is 19.1 Å². The van der Waals surface area contributed by atoms with Crippen molar-refractivity contribution < 1.29 is 4.79 Å². The maximum atomic E-state index is 12.5. The molecule has 3 aromatic rings. The predicted molar refractivity (Wildman–Crippen MR) is 85.7 cm³/mol. The highest BCUT2D eigenvalue weighted by Crippen LogP contribution is 2.23. The molecule has 1 aromatic heterocycles. The number of thiophene rings is 1. The first-order chi connectivity index (χ1) is 9.78. The van der Waals surface area contributed by atoms with Crippen molar-refractivity contribution in [3.63, 3.8) is 0 Å². The number of Topliss-reactive ketones (excluding diaryl/α,β-unsaturated/α-hetero) is 1. The van der Waals surface area contributed by atoms with Crippen molar-refractivity contribution in [2.45, 2.75) is 19.8 Å².